The van der Waals surface area contributed by atoms with Gasteiger partial charge in [0.1, 0.15) is 0 Å². The van der Waals surface area contributed by atoms with Gasteiger partial charge in [-0.1, -0.05) is 95.0 Å². The van der Waals surface area contributed by atoms with Crippen LogP contribution in [0.5, 0.6) is 0 Å². The van der Waals surface area contributed by atoms with Gasteiger partial charge in [-0.15, -0.1) is 0 Å². The second-order valence-electron chi connectivity index (χ2n) is 6.76. The molecule has 0 amide bonds. The van der Waals surface area contributed by atoms with Crippen LogP contribution in [0.15, 0.2) is 30.3 Å². The molecule has 0 radical (unpaired) electrons. The molecule has 1 unspecified atom stereocenters. The molecule has 0 aliphatic heterocycles. The number of carbonyl (C=O) groups is 1. The van der Waals surface area contributed by atoms with E-state index in [0.29, 0.717) is 12.2 Å². The maximum atomic E-state index is 12.1. The minimum absolute atomic E-state index is 0.387. The largest absolute Gasteiger partial charge is 0.463 e. The first-order valence-electron chi connectivity index (χ1n) is 9.54. The highest BCUT2D eigenvalue weighted by Crippen LogP contribution is 2.22. The fourth-order valence-corrected chi connectivity index (χ4v) is 2.78. The van der Waals surface area contributed by atoms with Gasteiger partial charge in [-0.2, -0.15) is 0 Å². The lowest BCUT2D eigenvalue weighted by atomic mass is 9.96. The minimum Gasteiger partial charge on any atom is -0.463 e. The number of ether oxygens (including phenoxy) is 1. The Morgan fingerprint density at radius 1 is 0.917 bits per heavy atom. The Balaban J connectivity index is 2.06. The maximum Gasteiger partial charge on any atom is 0.342 e. The van der Waals surface area contributed by atoms with Crippen LogP contribution in [0.2, 0.25) is 0 Å². The molecule has 1 N–H and O–H groups in total. The predicted octanol–water partition coefficient (Wildman–Crippen LogP) is 5.36. The first kappa shape index (κ1) is 20.7. The minimum atomic E-state index is -1.57. The normalized spacial score (nSPS) is 13.5. The second kappa shape index (κ2) is 12.1. The van der Waals surface area contributed by atoms with Crippen molar-refractivity contribution in [1.29, 1.82) is 0 Å². The van der Waals surface area contributed by atoms with Gasteiger partial charge in [0, 0.05) is 0 Å². The van der Waals surface area contributed by atoms with Crippen LogP contribution in [-0.4, -0.2) is 17.7 Å². The smallest absolute Gasteiger partial charge is 0.342 e. The number of rotatable bonds is 13. The van der Waals surface area contributed by atoms with Gasteiger partial charge in [0.15, 0.2) is 5.60 Å². The van der Waals surface area contributed by atoms with Gasteiger partial charge in [0.05, 0.1) is 6.61 Å². The van der Waals surface area contributed by atoms with E-state index < -0.39 is 11.6 Å². The van der Waals surface area contributed by atoms with E-state index in [-0.39, 0.29) is 0 Å². The van der Waals surface area contributed by atoms with Crippen molar-refractivity contribution in [3.8, 4) is 0 Å². The molecule has 0 aliphatic rings. The third-order valence-corrected chi connectivity index (χ3v) is 4.46. The summed E-state index contributed by atoms with van der Waals surface area (Å²) in [6, 6.07) is 8.94. The Hall–Kier alpha value is -1.35. The molecular formula is C21H34O3. The van der Waals surface area contributed by atoms with Gasteiger partial charge in [-0.05, 0) is 18.9 Å². The third kappa shape index (κ3) is 7.96. The molecule has 0 spiro atoms. The SMILES string of the molecule is CCCCCCCCCCCCOC(=O)C(C)(O)c1ccccc1. The molecule has 0 saturated carbocycles. The van der Waals surface area contributed by atoms with Gasteiger partial charge in [0.25, 0.3) is 0 Å². The Labute approximate surface area is 147 Å². The van der Waals surface area contributed by atoms with Crippen molar-refractivity contribution in [3.05, 3.63) is 35.9 Å². The molecule has 3 heteroatoms. The summed E-state index contributed by atoms with van der Waals surface area (Å²) in [6.45, 7) is 4.12. The molecule has 136 valence electrons. The van der Waals surface area contributed by atoms with Crippen LogP contribution in [0.1, 0.15) is 83.6 Å². The molecule has 0 heterocycles. The number of esters is 1. The summed E-state index contributed by atoms with van der Waals surface area (Å²) in [7, 11) is 0. The van der Waals surface area contributed by atoms with Crippen molar-refractivity contribution in [2.24, 2.45) is 0 Å². The van der Waals surface area contributed by atoms with Crippen LogP contribution < -0.4 is 0 Å². The fraction of sp³-hybridized carbons (Fsp3) is 0.667. The summed E-state index contributed by atoms with van der Waals surface area (Å²) in [4.78, 5) is 12.1. The number of hydrogen-bond donors (Lipinski definition) is 1. The van der Waals surface area contributed by atoms with Crippen molar-refractivity contribution in [2.45, 2.75) is 83.7 Å². The summed E-state index contributed by atoms with van der Waals surface area (Å²) in [5.41, 5.74) is -1.00. The van der Waals surface area contributed by atoms with Crippen molar-refractivity contribution < 1.29 is 14.6 Å². The molecule has 0 aromatic heterocycles. The van der Waals surface area contributed by atoms with Gasteiger partial charge in [-0.3, -0.25) is 0 Å². The third-order valence-electron chi connectivity index (χ3n) is 4.46. The monoisotopic (exact) mass is 334 g/mol. The summed E-state index contributed by atoms with van der Waals surface area (Å²) in [5.74, 6) is -0.565. The van der Waals surface area contributed by atoms with Crippen molar-refractivity contribution in [2.75, 3.05) is 6.61 Å². The van der Waals surface area contributed by atoms with E-state index in [0.717, 1.165) is 12.8 Å². The summed E-state index contributed by atoms with van der Waals surface area (Å²) >= 11 is 0. The zero-order chi connectivity index (χ0) is 17.7. The molecule has 1 aromatic carbocycles. The molecule has 3 nitrogen and oxygen atoms in total. The van der Waals surface area contributed by atoms with Crippen LogP contribution in [0.3, 0.4) is 0 Å². The van der Waals surface area contributed by atoms with Crippen LogP contribution in [0.4, 0.5) is 0 Å². The summed E-state index contributed by atoms with van der Waals surface area (Å²) in [5, 5.41) is 10.3. The molecule has 0 fully saturated rings. The van der Waals surface area contributed by atoms with Crippen LogP contribution >= 0.6 is 0 Å². The standard InChI is InChI=1S/C21H34O3/c1-3-4-5-6-7-8-9-10-11-15-18-24-20(22)21(2,23)19-16-13-12-14-17-19/h12-14,16-17,23H,3-11,15,18H2,1-2H3. The van der Waals surface area contributed by atoms with E-state index in [2.05, 4.69) is 6.92 Å². The van der Waals surface area contributed by atoms with Crippen LogP contribution in [-0.2, 0) is 15.1 Å². The van der Waals surface area contributed by atoms with Crippen molar-refractivity contribution in [1.82, 2.24) is 0 Å². The number of unbranched alkanes of at least 4 members (excludes halogenated alkanes) is 9. The predicted molar refractivity (Wildman–Crippen MR) is 98.8 cm³/mol. The molecule has 1 rings (SSSR count). The Morgan fingerprint density at radius 3 is 1.96 bits per heavy atom. The second-order valence-corrected chi connectivity index (χ2v) is 6.76. The van der Waals surface area contributed by atoms with Gasteiger partial charge >= 0.3 is 5.97 Å². The van der Waals surface area contributed by atoms with Crippen LogP contribution in [0, 0.1) is 0 Å². The van der Waals surface area contributed by atoms with E-state index in [9.17, 15) is 9.90 Å². The quantitative estimate of drug-likeness (QED) is 0.390. The molecular weight excluding hydrogens is 300 g/mol. The lowest BCUT2D eigenvalue weighted by molar-refractivity contribution is -0.164. The maximum absolute atomic E-state index is 12.1. The van der Waals surface area contributed by atoms with Gasteiger partial charge in [0.2, 0.25) is 0 Å². The lowest BCUT2D eigenvalue weighted by Crippen LogP contribution is -2.34. The number of hydrogen-bond acceptors (Lipinski definition) is 3. The number of carbonyl (C=O) groups excluding carboxylic acids is 1. The first-order valence-corrected chi connectivity index (χ1v) is 9.54. The molecule has 0 bridgehead atoms. The highest BCUT2D eigenvalue weighted by Gasteiger charge is 2.33. The molecule has 24 heavy (non-hydrogen) atoms. The lowest BCUT2D eigenvalue weighted by Gasteiger charge is -2.21. The fourth-order valence-electron chi connectivity index (χ4n) is 2.78. The molecule has 1 aromatic rings. The van der Waals surface area contributed by atoms with Crippen molar-refractivity contribution in [3.63, 3.8) is 0 Å². The van der Waals surface area contributed by atoms with E-state index in [4.69, 9.17) is 4.74 Å². The Kier molecular flexibility index (Phi) is 10.4. The van der Waals surface area contributed by atoms with E-state index in [1.807, 2.05) is 6.07 Å². The van der Waals surface area contributed by atoms with Crippen LogP contribution in [0.25, 0.3) is 0 Å². The van der Waals surface area contributed by atoms with E-state index in [1.54, 1.807) is 24.3 Å². The zero-order valence-electron chi connectivity index (χ0n) is 15.4. The Morgan fingerprint density at radius 2 is 1.42 bits per heavy atom. The summed E-state index contributed by atoms with van der Waals surface area (Å²) < 4.78 is 5.24. The molecule has 1 atom stereocenters. The summed E-state index contributed by atoms with van der Waals surface area (Å²) in [6.07, 6.45) is 12.5. The molecule has 0 aliphatic carbocycles. The first-order chi connectivity index (χ1) is 11.6. The number of aliphatic hydroxyl groups is 1. The average molecular weight is 334 g/mol. The Bertz CT molecular complexity index is 440. The van der Waals surface area contributed by atoms with E-state index >= 15 is 0 Å². The molecule has 0 saturated heterocycles. The zero-order valence-corrected chi connectivity index (χ0v) is 15.4. The van der Waals surface area contributed by atoms with Crippen molar-refractivity contribution >= 4 is 5.97 Å². The topological polar surface area (TPSA) is 46.5 Å². The van der Waals surface area contributed by atoms with Gasteiger partial charge < -0.3 is 9.84 Å². The number of benzene rings is 1. The van der Waals surface area contributed by atoms with Gasteiger partial charge in [-0.25, -0.2) is 4.79 Å². The highest BCUT2D eigenvalue weighted by molar-refractivity contribution is 5.80. The highest BCUT2D eigenvalue weighted by atomic mass is 16.5. The average Bonchev–Trinajstić information content (AvgIpc) is 2.60. The van der Waals surface area contributed by atoms with E-state index in [1.165, 1.54) is 58.3 Å².